The molecule has 0 aromatic rings. The fourth-order valence-electron chi connectivity index (χ4n) is 2.32. The first-order chi connectivity index (χ1) is 5.68. The third kappa shape index (κ3) is 0.982. The first kappa shape index (κ1) is 7.86. The Kier molecular flexibility index (Phi) is 1.54. The van der Waals surface area contributed by atoms with Crippen molar-refractivity contribution in [2.75, 3.05) is 19.6 Å². The predicted octanol–water partition coefficient (Wildman–Crippen LogP) is 0.335. The van der Waals surface area contributed by atoms with E-state index in [1.165, 1.54) is 4.90 Å². The first-order valence-corrected chi connectivity index (χ1v) is 4.36. The van der Waals surface area contributed by atoms with Gasteiger partial charge in [0.25, 0.3) is 0 Å². The molecule has 2 unspecified atom stereocenters. The van der Waals surface area contributed by atoms with Crippen molar-refractivity contribution < 1.29 is 9.90 Å². The van der Waals surface area contributed by atoms with Gasteiger partial charge in [-0.3, -0.25) is 0 Å². The van der Waals surface area contributed by atoms with Crippen molar-refractivity contribution in [3.8, 4) is 0 Å². The average molecular weight is 170 g/mol. The topological polar surface area (TPSA) is 66.6 Å². The Hall–Kier alpha value is -0.770. The third-order valence-electron chi connectivity index (χ3n) is 3.30. The van der Waals surface area contributed by atoms with Crippen LogP contribution in [0.4, 0.5) is 4.79 Å². The molecule has 1 saturated carbocycles. The minimum absolute atomic E-state index is 0.285. The van der Waals surface area contributed by atoms with Gasteiger partial charge >= 0.3 is 6.09 Å². The van der Waals surface area contributed by atoms with E-state index < -0.39 is 6.09 Å². The molecule has 12 heavy (non-hydrogen) atoms. The molecule has 2 fully saturated rings. The van der Waals surface area contributed by atoms with E-state index in [1.54, 1.807) is 0 Å². The highest BCUT2D eigenvalue weighted by Crippen LogP contribution is 2.57. The molecule has 0 bridgehead atoms. The van der Waals surface area contributed by atoms with Crippen LogP contribution in [0, 0.1) is 11.3 Å². The van der Waals surface area contributed by atoms with Crippen LogP contribution in [0.2, 0.25) is 0 Å². The number of hydrogen-bond donors (Lipinski definition) is 2. The Bertz CT molecular complexity index is 219. The number of rotatable bonds is 1. The average Bonchev–Trinajstić information content (AvgIpc) is 2.50. The van der Waals surface area contributed by atoms with Crippen molar-refractivity contribution in [3.63, 3.8) is 0 Å². The lowest BCUT2D eigenvalue weighted by molar-refractivity contribution is 0.153. The summed E-state index contributed by atoms with van der Waals surface area (Å²) in [5.74, 6) is 0.585. The second kappa shape index (κ2) is 2.36. The van der Waals surface area contributed by atoms with Gasteiger partial charge in [0, 0.05) is 13.1 Å². The summed E-state index contributed by atoms with van der Waals surface area (Å²) in [6.45, 7) is 2.13. The van der Waals surface area contributed by atoms with Gasteiger partial charge in [-0.1, -0.05) is 0 Å². The maximum Gasteiger partial charge on any atom is 0.407 e. The number of amides is 1. The summed E-state index contributed by atoms with van der Waals surface area (Å²) < 4.78 is 0. The second-order valence-electron chi connectivity index (χ2n) is 3.95. The molecule has 2 rings (SSSR count). The summed E-state index contributed by atoms with van der Waals surface area (Å²) in [5, 5.41) is 8.73. The van der Waals surface area contributed by atoms with E-state index in [0.717, 1.165) is 12.8 Å². The SMILES string of the molecule is NCC1CC12CCN(C(=O)O)C2. The largest absolute Gasteiger partial charge is 0.465 e. The van der Waals surface area contributed by atoms with Crippen molar-refractivity contribution >= 4 is 6.09 Å². The molecule has 3 N–H and O–H groups in total. The summed E-state index contributed by atoms with van der Waals surface area (Å²) in [4.78, 5) is 12.1. The quantitative estimate of drug-likeness (QED) is 0.596. The summed E-state index contributed by atoms with van der Waals surface area (Å²) in [5.41, 5.74) is 5.83. The molecule has 1 aliphatic carbocycles. The molecule has 0 radical (unpaired) electrons. The van der Waals surface area contributed by atoms with Crippen LogP contribution in [0.15, 0.2) is 0 Å². The van der Waals surface area contributed by atoms with Crippen LogP contribution in [0.25, 0.3) is 0 Å². The smallest absolute Gasteiger partial charge is 0.407 e. The van der Waals surface area contributed by atoms with Gasteiger partial charge in [-0.25, -0.2) is 4.79 Å². The fraction of sp³-hybridized carbons (Fsp3) is 0.875. The third-order valence-corrected chi connectivity index (χ3v) is 3.30. The Morgan fingerprint density at radius 3 is 2.92 bits per heavy atom. The van der Waals surface area contributed by atoms with Gasteiger partial charge in [0.05, 0.1) is 0 Å². The van der Waals surface area contributed by atoms with Crippen LogP contribution in [0.3, 0.4) is 0 Å². The number of likely N-dealkylation sites (tertiary alicyclic amines) is 1. The minimum atomic E-state index is -0.783. The maximum atomic E-state index is 10.6. The molecule has 1 amide bonds. The minimum Gasteiger partial charge on any atom is -0.465 e. The molecule has 1 saturated heterocycles. The standard InChI is InChI=1S/C8H14N2O2/c9-4-6-3-8(6)1-2-10(5-8)7(11)12/h6H,1-5,9H2,(H,11,12). The molecule has 0 aromatic heterocycles. The van der Waals surface area contributed by atoms with Crippen molar-refractivity contribution in [2.45, 2.75) is 12.8 Å². The summed E-state index contributed by atoms with van der Waals surface area (Å²) >= 11 is 0. The lowest BCUT2D eigenvalue weighted by atomic mass is 10.0. The van der Waals surface area contributed by atoms with Crippen LogP contribution in [-0.4, -0.2) is 35.7 Å². The zero-order chi connectivity index (χ0) is 8.77. The Morgan fingerprint density at radius 2 is 2.50 bits per heavy atom. The van der Waals surface area contributed by atoms with E-state index in [9.17, 15) is 4.79 Å². The number of carbonyl (C=O) groups is 1. The van der Waals surface area contributed by atoms with Crippen LogP contribution in [-0.2, 0) is 0 Å². The van der Waals surface area contributed by atoms with Gasteiger partial charge in [-0.15, -0.1) is 0 Å². The molecule has 1 aliphatic heterocycles. The van der Waals surface area contributed by atoms with Crippen LogP contribution in [0.1, 0.15) is 12.8 Å². The van der Waals surface area contributed by atoms with Gasteiger partial charge in [-0.05, 0) is 30.7 Å². The summed E-state index contributed by atoms with van der Waals surface area (Å²) in [6, 6.07) is 0. The normalized spacial score (nSPS) is 39.1. The van der Waals surface area contributed by atoms with Gasteiger partial charge in [0.15, 0.2) is 0 Å². The highest BCUT2D eigenvalue weighted by atomic mass is 16.4. The number of nitrogens with two attached hydrogens (primary N) is 1. The van der Waals surface area contributed by atoms with Gasteiger partial charge in [0.1, 0.15) is 0 Å². The molecule has 1 spiro atoms. The van der Waals surface area contributed by atoms with E-state index in [2.05, 4.69) is 0 Å². The summed E-state index contributed by atoms with van der Waals surface area (Å²) in [7, 11) is 0. The van der Waals surface area contributed by atoms with Crippen molar-refractivity contribution in [3.05, 3.63) is 0 Å². The second-order valence-corrected chi connectivity index (χ2v) is 3.95. The van der Waals surface area contributed by atoms with Crippen molar-refractivity contribution in [2.24, 2.45) is 17.1 Å². The van der Waals surface area contributed by atoms with E-state index >= 15 is 0 Å². The van der Waals surface area contributed by atoms with Crippen LogP contribution >= 0.6 is 0 Å². The number of hydrogen-bond acceptors (Lipinski definition) is 2. The molecular weight excluding hydrogens is 156 g/mol. The molecule has 1 heterocycles. The Morgan fingerprint density at radius 1 is 1.75 bits per heavy atom. The van der Waals surface area contributed by atoms with E-state index in [1.807, 2.05) is 0 Å². The number of nitrogens with zero attached hydrogens (tertiary/aromatic N) is 1. The first-order valence-electron chi connectivity index (χ1n) is 4.36. The van der Waals surface area contributed by atoms with Gasteiger partial charge in [0.2, 0.25) is 0 Å². The molecule has 0 aromatic carbocycles. The van der Waals surface area contributed by atoms with E-state index in [-0.39, 0.29) is 5.41 Å². The lowest BCUT2D eigenvalue weighted by Gasteiger charge is -2.11. The zero-order valence-electron chi connectivity index (χ0n) is 6.99. The highest BCUT2D eigenvalue weighted by molar-refractivity contribution is 5.65. The predicted molar refractivity (Wildman–Crippen MR) is 43.8 cm³/mol. The van der Waals surface area contributed by atoms with Crippen LogP contribution < -0.4 is 5.73 Å². The fourth-order valence-corrected chi connectivity index (χ4v) is 2.32. The molecule has 4 heteroatoms. The molecular formula is C8H14N2O2. The maximum absolute atomic E-state index is 10.6. The Labute approximate surface area is 71.3 Å². The monoisotopic (exact) mass is 170 g/mol. The number of carboxylic acid groups (broad SMARTS) is 1. The summed E-state index contributed by atoms with van der Waals surface area (Å²) in [6.07, 6.45) is 1.36. The highest BCUT2D eigenvalue weighted by Gasteiger charge is 2.57. The van der Waals surface area contributed by atoms with Crippen molar-refractivity contribution in [1.29, 1.82) is 0 Å². The van der Waals surface area contributed by atoms with E-state index in [4.69, 9.17) is 10.8 Å². The van der Waals surface area contributed by atoms with Crippen molar-refractivity contribution in [1.82, 2.24) is 4.90 Å². The lowest BCUT2D eigenvalue weighted by Crippen LogP contribution is -2.27. The van der Waals surface area contributed by atoms with Gasteiger partial charge in [-0.2, -0.15) is 0 Å². The molecule has 68 valence electrons. The Balaban J connectivity index is 1.96. The zero-order valence-corrected chi connectivity index (χ0v) is 6.99. The van der Waals surface area contributed by atoms with E-state index in [0.29, 0.717) is 25.6 Å². The molecule has 2 atom stereocenters. The molecule has 4 nitrogen and oxygen atoms in total. The molecule has 2 aliphatic rings. The van der Waals surface area contributed by atoms with Gasteiger partial charge < -0.3 is 15.7 Å². The van der Waals surface area contributed by atoms with Crippen LogP contribution in [0.5, 0.6) is 0 Å².